The first-order valence-electron chi connectivity index (χ1n) is 9.61. The molecule has 1 aromatic heterocycles. The number of hydrogen-bond donors (Lipinski definition) is 2. The molecule has 5 rings (SSSR count). The van der Waals surface area contributed by atoms with Gasteiger partial charge in [0.25, 0.3) is 5.91 Å². The lowest BCUT2D eigenvalue weighted by Gasteiger charge is -2.54. The Bertz CT molecular complexity index is 688. The lowest BCUT2D eigenvalue weighted by molar-refractivity contribution is -0.123. The molecule has 4 bridgehead atoms. The number of nitrogens with zero attached hydrogens (tertiary/aromatic N) is 2. The second kappa shape index (κ2) is 7.17. The maximum Gasteiger partial charge on any atom is 0.271 e. The van der Waals surface area contributed by atoms with E-state index >= 15 is 0 Å². The Balaban J connectivity index is 1.28. The zero-order chi connectivity index (χ0) is 18.1. The topological polar surface area (TPSA) is 83.5 Å². The highest BCUT2D eigenvalue weighted by molar-refractivity contribution is 6.01. The number of pyridine rings is 1. The summed E-state index contributed by atoms with van der Waals surface area (Å²) >= 11 is 0. The van der Waals surface area contributed by atoms with Crippen molar-refractivity contribution in [3.63, 3.8) is 0 Å². The van der Waals surface area contributed by atoms with Gasteiger partial charge in [-0.1, -0.05) is 0 Å². The van der Waals surface area contributed by atoms with Gasteiger partial charge < -0.3 is 5.32 Å². The van der Waals surface area contributed by atoms with Gasteiger partial charge in [-0.05, 0) is 74.8 Å². The van der Waals surface area contributed by atoms with Crippen LogP contribution in [-0.2, 0) is 4.79 Å². The van der Waals surface area contributed by atoms with Crippen LogP contribution in [0.5, 0.6) is 0 Å². The summed E-state index contributed by atoms with van der Waals surface area (Å²) < 4.78 is 0. The third-order valence-corrected chi connectivity index (χ3v) is 6.26. The molecule has 4 saturated carbocycles. The number of nitrogens with one attached hydrogen (secondary N) is 2. The van der Waals surface area contributed by atoms with Crippen molar-refractivity contribution in [1.29, 1.82) is 0 Å². The molecule has 2 N–H and O–H groups in total. The summed E-state index contributed by atoms with van der Waals surface area (Å²) in [7, 11) is 0. The number of amides is 2. The van der Waals surface area contributed by atoms with Gasteiger partial charge in [0.05, 0.1) is 6.42 Å². The molecule has 0 aliphatic heterocycles. The molecular weight excluding hydrogens is 328 g/mol. The van der Waals surface area contributed by atoms with Crippen LogP contribution in [0.4, 0.5) is 0 Å². The molecule has 0 radical (unpaired) electrons. The highest BCUT2D eigenvalue weighted by Crippen LogP contribution is 2.53. The standard InChI is InChI=1S/C20H26N4O2/c1-12(23-24-20(26)15-2-4-21-5-3-15)6-18(25)22-19-16-8-13-7-14(10-16)11-17(19)9-13/h2-5,13-14,16-17,19H,6-11H2,1H3,(H,22,25)(H,24,26). The lowest BCUT2D eigenvalue weighted by Crippen LogP contribution is -2.56. The van der Waals surface area contributed by atoms with Gasteiger partial charge in [0.15, 0.2) is 0 Å². The summed E-state index contributed by atoms with van der Waals surface area (Å²) in [5.74, 6) is 2.85. The Morgan fingerprint density at radius 1 is 1.08 bits per heavy atom. The molecule has 2 amide bonds. The Labute approximate surface area is 153 Å². The molecule has 1 aromatic rings. The van der Waals surface area contributed by atoms with Crippen LogP contribution in [0.15, 0.2) is 29.6 Å². The van der Waals surface area contributed by atoms with E-state index in [9.17, 15) is 9.59 Å². The average molecular weight is 354 g/mol. The maximum atomic E-state index is 12.4. The van der Waals surface area contributed by atoms with Crippen molar-refractivity contribution in [2.75, 3.05) is 0 Å². The van der Waals surface area contributed by atoms with E-state index < -0.39 is 0 Å². The normalized spacial score (nSPS) is 32.3. The zero-order valence-electron chi connectivity index (χ0n) is 15.1. The number of rotatable bonds is 5. The van der Waals surface area contributed by atoms with Gasteiger partial charge in [0.2, 0.25) is 5.91 Å². The minimum absolute atomic E-state index is 0.0156. The molecule has 0 unspecified atom stereocenters. The molecule has 4 aliphatic carbocycles. The van der Waals surface area contributed by atoms with Crippen molar-refractivity contribution < 1.29 is 9.59 Å². The quantitative estimate of drug-likeness (QED) is 0.629. The highest BCUT2D eigenvalue weighted by atomic mass is 16.2. The fourth-order valence-electron chi connectivity index (χ4n) is 5.38. The van der Waals surface area contributed by atoms with E-state index in [4.69, 9.17) is 0 Å². The minimum atomic E-state index is -0.298. The molecule has 138 valence electrons. The molecule has 1 heterocycles. The van der Waals surface area contributed by atoms with Crippen molar-refractivity contribution >= 4 is 17.5 Å². The predicted molar refractivity (Wildman–Crippen MR) is 98.4 cm³/mol. The molecule has 0 atom stereocenters. The number of hydrogen-bond acceptors (Lipinski definition) is 4. The Kier molecular flexibility index (Phi) is 4.74. The number of carbonyl (C=O) groups excluding carboxylic acids is 2. The van der Waals surface area contributed by atoms with E-state index in [0.29, 0.717) is 29.2 Å². The van der Waals surface area contributed by atoms with Crippen LogP contribution < -0.4 is 10.7 Å². The molecule has 4 aliphatic rings. The van der Waals surface area contributed by atoms with Crippen LogP contribution in [0.3, 0.4) is 0 Å². The lowest BCUT2D eigenvalue weighted by atomic mass is 9.54. The Morgan fingerprint density at radius 2 is 1.69 bits per heavy atom. The van der Waals surface area contributed by atoms with Gasteiger partial charge in [-0.15, -0.1) is 0 Å². The monoisotopic (exact) mass is 354 g/mol. The molecular formula is C20H26N4O2. The smallest absolute Gasteiger partial charge is 0.271 e. The van der Waals surface area contributed by atoms with Crippen molar-refractivity contribution in [2.24, 2.45) is 28.8 Å². The third-order valence-electron chi connectivity index (χ3n) is 6.26. The predicted octanol–water partition coefficient (Wildman–Crippen LogP) is 2.52. The SMILES string of the molecule is CC(CC(=O)NC1C2CC3CC(C2)CC1C3)=NNC(=O)c1ccncc1. The largest absolute Gasteiger partial charge is 0.352 e. The van der Waals surface area contributed by atoms with Gasteiger partial charge in [-0.25, -0.2) is 5.43 Å². The Hall–Kier alpha value is -2.24. The van der Waals surface area contributed by atoms with Crippen LogP contribution in [-0.4, -0.2) is 28.6 Å². The summed E-state index contributed by atoms with van der Waals surface area (Å²) in [6.07, 6.45) is 9.89. The third kappa shape index (κ3) is 3.64. The number of hydrazone groups is 1. The molecule has 4 fully saturated rings. The fourth-order valence-corrected chi connectivity index (χ4v) is 5.38. The molecule has 6 heteroatoms. The first-order chi connectivity index (χ1) is 12.6. The maximum absolute atomic E-state index is 12.4. The van der Waals surface area contributed by atoms with Gasteiger partial charge in [-0.3, -0.25) is 14.6 Å². The minimum Gasteiger partial charge on any atom is -0.352 e. The second-order valence-corrected chi connectivity index (χ2v) is 8.22. The van der Waals surface area contributed by atoms with Crippen molar-refractivity contribution in [3.05, 3.63) is 30.1 Å². The summed E-state index contributed by atoms with van der Waals surface area (Å²) in [5.41, 5.74) is 3.60. The van der Waals surface area contributed by atoms with Gasteiger partial charge in [0.1, 0.15) is 0 Å². The van der Waals surface area contributed by atoms with E-state index in [2.05, 4.69) is 20.8 Å². The van der Waals surface area contributed by atoms with Gasteiger partial charge >= 0.3 is 0 Å². The fraction of sp³-hybridized carbons (Fsp3) is 0.600. The first kappa shape index (κ1) is 17.2. The molecule has 0 saturated heterocycles. The summed E-state index contributed by atoms with van der Waals surface area (Å²) in [4.78, 5) is 28.3. The van der Waals surface area contributed by atoms with Crippen LogP contribution in [0.2, 0.25) is 0 Å². The van der Waals surface area contributed by atoms with Crippen LogP contribution in [0.25, 0.3) is 0 Å². The van der Waals surface area contributed by atoms with E-state index in [1.54, 1.807) is 31.5 Å². The average Bonchev–Trinajstić information content (AvgIpc) is 2.63. The highest BCUT2D eigenvalue weighted by Gasteiger charge is 2.48. The van der Waals surface area contributed by atoms with Gasteiger partial charge in [0, 0.05) is 29.7 Å². The van der Waals surface area contributed by atoms with Crippen molar-refractivity contribution in [2.45, 2.75) is 51.5 Å². The zero-order valence-corrected chi connectivity index (χ0v) is 15.1. The molecule has 26 heavy (non-hydrogen) atoms. The first-order valence-corrected chi connectivity index (χ1v) is 9.61. The second-order valence-electron chi connectivity index (χ2n) is 8.22. The summed E-state index contributed by atoms with van der Waals surface area (Å²) in [6, 6.07) is 3.59. The Morgan fingerprint density at radius 3 is 2.31 bits per heavy atom. The van der Waals surface area contributed by atoms with Crippen LogP contribution in [0, 0.1) is 23.7 Å². The van der Waals surface area contributed by atoms with E-state index in [-0.39, 0.29) is 18.2 Å². The van der Waals surface area contributed by atoms with E-state index in [1.807, 2.05) is 0 Å². The van der Waals surface area contributed by atoms with Gasteiger partial charge in [-0.2, -0.15) is 5.10 Å². The summed E-state index contributed by atoms with van der Waals surface area (Å²) in [6.45, 7) is 1.77. The van der Waals surface area contributed by atoms with Crippen molar-refractivity contribution in [3.8, 4) is 0 Å². The summed E-state index contributed by atoms with van der Waals surface area (Å²) in [5, 5.41) is 7.33. The van der Waals surface area contributed by atoms with Crippen molar-refractivity contribution in [1.82, 2.24) is 15.7 Å². The van der Waals surface area contributed by atoms with Crippen LogP contribution >= 0.6 is 0 Å². The molecule has 0 aromatic carbocycles. The molecule has 0 spiro atoms. The number of carbonyl (C=O) groups is 2. The van der Waals surface area contributed by atoms with E-state index in [0.717, 1.165) is 11.8 Å². The molecule has 6 nitrogen and oxygen atoms in total. The number of aromatic nitrogens is 1. The van der Waals surface area contributed by atoms with Crippen LogP contribution in [0.1, 0.15) is 55.8 Å². The van der Waals surface area contributed by atoms with E-state index in [1.165, 1.54) is 32.1 Å².